The van der Waals surface area contributed by atoms with Crippen molar-refractivity contribution in [2.24, 2.45) is 0 Å². The maximum Gasteiger partial charge on any atom is 0.257 e. The molecule has 0 aliphatic rings. The minimum atomic E-state index is -0.269. The highest BCUT2D eigenvalue weighted by atomic mass is 16.5. The van der Waals surface area contributed by atoms with Gasteiger partial charge in [0.15, 0.2) is 18.1 Å². The van der Waals surface area contributed by atoms with E-state index in [0.717, 1.165) is 0 Å². The molecule has 1 rings (SSSR count). The van der Waals surface area contributed by atoms with Gasteiger partial charge in [0.05, 0.1) is 13.2 Å². The first-order valence-electron chi connectivity index (χ1n) is 6.38. The summed E-state index contributed by atoms with van der Waals surface area (Å²) in [6.45, 7) is 4.29. The Balaban J connectivity index is 3.12. The van der Waals surface area contributed by atoms with Crippen molar-refractivity contribution in [3.05, 3.63) is 17.7 Å². The zero-order valence-electron chi connectivity index (χ0n) is 11.9. The van der Waals surface area contributed by atoms with Gasteiger partial charge in [-0.05, 0) is 26.0 Å². The molecule has 0 aromatic heterocycles. The molecule has 1 aromatic carbocycles. The quantitative estimate of drug-likeness (QED) is 0.729. The third kappa shape index (κ3) is 4.15. The number of hydrogen-bond donors (Lipinski definition) is 1. The molecular weight excluding hydrogens is 262 g/mol. The Kier molecular flexibility index (Phi) is 6.36. The summed E-state index contributed by atoms with van der Waals surface area (Å²) in [5, 5.41) is 2.46. The van der Waals surface area contributed by atoms with Crippen LogP contribution in [0.3, 0.4) is 0 Å². The van der Waals surface area contributed by atoms with Crippen LogP contribution in [-0.2, 0) is 4.79 Å². The number of ether oxygens (including phenoxy) is 3. The second-order valence-electron chi connectivity index (χ2n) is 3.79. The van der Waals surface area contributed by atoms with Gasteiger partial charge >= 0.3 is 0 Å². The highest BCUT2D eigenvalue weighted by molar-refractivity contribution is 5.79. The van der Waals surface area contributed by atoms with Crippen LogP contribution in [0.2, 0.25) is 0 Å². The SMILES string of the molecule is CCOc1cc(C=O)cc(OCC)c1OCC(=O)NC. The highest BCUT2D eigenvalue weighted by Gasteiger charge is 2.16. The predicted molar refractivity (Wildman–Crippen MR) is 73.7 cm³/mol. The second-order valence-corrected chi connectivity index (χ2v) is 3.79. The molecule has 0 spiro atoms. The van der Waals surface area contributed by atoms with Gasteiger partial charge in [-0.2, -0.15) is 0 Å². The molecule has 110 valence electrons. The molecule has 0 saturated carbocycles. The lowest BCUT2D eigenvalue weighted by atomic mass is 10.2. The topological polar surface area (TPSA) is 73.9 Å². The van der Waals surface area contributed by atoms with E-state index in [2.05, 4.69) is 5.32 Å². The lowest BCUT2D eigenvalue weighted by Gasteiger charge is -2.16. The highest BCUT2D eigenvalue weighted by Crippen LogP contribution is 2.38. The van der Waals surface area contributed by atoms with E-state index in [1.165, 1.54) is 7.05 Å². The second kappa shape index (κ2) is 8.04. The molecule has 0 aliphatic carbocycles. The molecule has 0 bridgehead atoms. The molecule has 20 heavy (non-hydrogen) atoms. The number of rotatable bonds is 8. The fraction of sp³-hybridized carbons (Fsp3) is 0.429. The first kappa shape index (κ1) is 15.8. The number of likely N-dealkylation sites (N-methyl/N-ethyl adjacent to an activating group) is 1. The van der Waals surface area contributed by atoms with Gasteiger partial charge in [-0.3, -0.25) is 9.59 Å². The number of amides is 1. The average Bonchev–Trinajstić information content (AvgIpc) is 2.46. The lowest BCUT2D eigenvalue weighted by molar-refractivity contribution is -0.122. The first-order valence-corrected chi connectivity index (χ1v) is 6.38. The zero-order valence-corrected chi connectivity index (χ0v) is 11.9. The molecule has 1 amide bonds. The van der Waals surface area contributed by atoms with E-state index in [0.29, 0.717) is 42.3 Å². The molecular formula is C14H19NO5. The number of aldehydes is 1. The van der Waals surface area contributed by atoms with Crippen molar-refractivity contribution >= 4 is 12.2 Å². The normalized spacial score (nSPS) is 9.75. The van der Waals surface area contributed by atoms with E-state index >= 15 is 0 Å². The molecule has 1 aromatic rings. The van der Waals surface area contributed by atoms with Gasteiger partial charge in [-0.1, -0.05) is 0 Å². The van der Waals surface area contributed by atoms with E-state index in [4.69, 9.17) is 14.2 Å². The van der Waals surface area contributed by atoms with Crippen LogP contribution >= 0.6 is 0 Å². The van der Waals surface area contributed by atoms with E-state index in [-0.39, 0.29) is 12.5 Å². The van der Waals surface area contributed by atoms with Crippen LogP contribution in [-0.4, -0.2) is 39.1 Å². The molecule has 0 heterocycles. The number of carbonyl (C=O) groups excluding carboxylic acids is 2. The van der Waals surface area contributed by atoms with Gasteiger partial charge in [-0.15, -0.1) is 0 Å². The Bertz CT molecular complexity index is 446. The van der Waals surface area contributed by atoms with Gasteiger partial charge in [0.25, 0.3) is 5.91 Å². The van der Waals surface area contributed by atoms with Crippen LogP contribution in [0, 0.1) is 0 Å². The third-order valence-electron chi connectivity index (χ3n) is 2.41. The molecule has 0 saturated heterocycles. The van der Waals surface area contributed by atoms with Crippen molar-refractivity contribution < 1.29 is 23.8 Å². The summed E-state index contributed by atoms with van der Waals surface area (Å²) >= 11 is 0. The summed E-state index contributed by atoms with van der Waals surface area (Å²) in [6, 6.07) is 3.11. The van der Waals surface area contributed by atoms with Crippen LogP contribution in [0.15, 0.2) is 12.1 Å². The van der Waals surface area contributed by atoms with Crippen molar-refractivity contribution in [3.63, 3.8) is 0 Å². The molecule has 6 nitrogen and oxygen atoms in total. The van der Waals surface area contributed by atoms with Crippen LogP contribution in [0.1, 0.15) is 24.2 Å². The third-order valence-corrected chi connectivity index (χ3v) is 2.41. The van der Waals surface area contributed by atoms with Crippen molar-refractivity contribution in [2.45, 2.75) is 13.8 Å². The predicted octanol–water partition coefficient (Wildman–Crippen LogP) is 1.42. The summed E-state index contributed by atoms with van der Waals surface area (Å²) < 4.78 is 16.3. The van der Waals surface area contributed by atoms with E-state index in [1.54, 1.807) is 12.1 Å². The standard InChI is InChI=1S/C14H19NO5/c1-4-18-11-6-10(8-16)7-12(19-5-2)14(11)20-9-13(17)15-3/h6-8H,4-5,9H2,1-3H3,(H,15,17). The maximum absolute atomic E-state index is 11.3. The number of hydrogen-bond acceptors (Lipinski definition) is 5. The summed E-state index contributed by atoms with van der Waals surface area (Å²) in [5.74, 6) is 0.811. The summed E-state index contributed by atoms with van der Waals surface area (Å²) in [4.78, 5) is 22.2. The molecule has 0 atom stereocenters. The zero-order chi connectivity index (χ0) is 15.0. The Labute approximate surface area is 118 Å². The summed E-state index contributed by atoms with van der Waals surface area (Å²) in [5.41, 5.74) is 0.421. The van der Waals surface area contributed by atoms with Crippen LogP contribution in [0.5, 0.6) is 17.2 Å². The van der Waals surface area contributed by atoms with Crippen LogP contribution in [0.4, 0.5) is 0 Å². The Morgan fingerprint density at radius 2 is 1.70 bits per heavy atom. The van der Waals surface area contributed by atoms with Crippen LogP contribution < -0.4 is 19.5 Å². The molecule has 0 unspecified atom stereocenters. The van der Waals surface area contributed by atoms with E-state index in [9.17, 15) is 9.59 Å². The van der Waals surface area contributed by atoms with Gasteiger partial charge in [-0.25, -0.2) is 0 Å². The summed E-state index contributed by atoms with van der Waals surface area (Å²) in [6.07, 6.45) is 0.702. The fourth-order valence-electron chi connectivity index (χ4n) is 1.54. The van der Waals surface area contributed by atoms with Crippen molar-refractivity contribution in [1.29, 1.82) is 0 Å². The monoisotopic (exact) mass is 281 g/mol. The van der Waals surface area contributed by atoms with E-state index < -0.39 is 0 Å². The Hall–Kier alpha value is -2.24. The average molecular weight is 281 g/mol. The van der Waals surface area contributed by atoms with Crippen molar-refractivity contribution in [1.82, 2.24) is 5.32 Å². The van der Waals surface area contributed by atoms with Gasteiger partial charge < -0.3 is 19.5 Å². The summed E-state index contributed by atoms with van der Waals surface area (Å²) in [7, 11) is 1.52. The van der Waals surface area contributed by atoms with Crippen molar-refractivity contribution in [3.8, 4) is 17.2 Å². The number of benzene rings is 1. The smallest absolute Gasteiger partial charge is 0.257 e. The molecule has 1 N–H and O–H groups in total. The minimum Gasteiger partial charge on any atom is -0.490 e. The minimum absolute atomic E-state index is 0.156. The molecule has 0 fully saturated rings. The van der Waals surface area contributed by atoms with Gasteiger partial charge in [0.1, 0.15) is 6.29 Å². The maximum atomic E-state index is 11.3. The number of carbonyl (C=O) groups is 2. The largest absolute Gasteiger partial charge is 0.490 e. The first-order chi connectivity index (χ1) is 9.65. The fourth-order valence-corrected chi connectivity index (χ4v) is 1.54. The van der Waals surface area contributed by atoms with E-state index in [1.807, 2.05) is 13.8 Å². The lowest BCUT2D eigenvalue weighted by Crippen LogP contribution is -2.25. The molecule has 0 aliphatic heterocycles. The van der Waals surface area contributed by atoms with Crippen LogP contribution in [0.25, 0.3) is 0 Å². The van der Waals surface area contributed by atoms with Gasteiger partial charge in [0.2, 0.25) is 5.75 Å². The Morgan fingerprint density at radius 1 is 1.15 bits per heavy atom. The molecule has 6 heteroatoms. The Morgan fingerprint density at radius 3 is 2.10 bits per heavy atom. The molecule has 0 radical (unpaired) electrons. The van der Waals surface area contributed by atoms with Crippen molar-refractivity contribution in [2.75, 3.05) is 26.9 Å². The number of nitrogens with one attached hydrogen (secondary N) is 1. The van der Waals surface area contributed by atoms with Gasteiger partial charge in [0, 0.05) is 12.6 Å².